The van der Waals surface area contributed by atoms with Gasteiger partial charge in [-0.1, -0.05) is 0 Å². The summed E-state index contributed by atoms with van der Waals surface area (Å²) in [5, 5.41) is 3.85. The molecule has 2 aromatic rings. The van der Waals surface area contributed by atoms with Crippen molar-refractivity contribution >= 4 is 47.0 Å². The van der Waals surface area contributed by atoms with Crippen LogP contribution in [0.25, 0.3) is 0 Å². The van der Waals surface area contributed by atoms with Gasteiger partial charge in [0.05, 0.1) is 23.5 Å². The van der Waals surface area contributed by atoms with Crippen molar-refractivity contribution in [3.63, 3.8) is 0 Å². The molecule has 0 radical (unpaired) electrons. The van der Waals surface area contributed by atoms with Gasteiger partial charge >= 0.3 is 0 Å². The molecule has 1 aliphatic rings. The summed E-state index contributed by atoms with van der Waals surface area (Å²) in [5.41, 5.74) is 0. The van der Waals surface area contributed by atoms with Crippen LogP contribution in [0, 0.1) is 0 Å². The number of hydrogen-bond donors (Lipinski definition) is 0. The van der Waals surface area contributed by atoms with Gasteiger partial charge in [-0.15, -0.1) is 0 Å². The normalized spacial score (nSPS) is 14.0. The Bertz CT molecular complexity index is 347. The summed E-state index contributed by atoms with van der Waals surface area (Å²) in [4.78, 5) is 0. The Balaban J connectivity index is 2.15. The molecule has 60 valence electrons. The third-order valence-corrected chi connectivity index (χ3v) is 4.94. The van der Waals surface area contributed by atoms with Crippen LogP contribution < -0.4 is 0 Å². The molecular formula is C4N4S4. The second kappa shape index (κ2) is 2.66. The molecule has 0 saturated carbocycles. The van der Waals surface area contributed by atoms with Crippen LogP contribution in [0.4, 0.5) is 0 Å². The Morgan fingerprint density at radius 2 is 0.917 bits per heavy atom. The molecular weight excluding hydrogens is 232 g/mol. The fraction of sp³-hybridized carbons (Fsp3) is 0. The molecule has 0 atom stereocenters. The fourth-order valence-corrected chi connectivity index (χ4v) is 4.13. The third kappa shape index (κ3) is 0.987. The molecule has 0 bridgehead atoms. The molecule has 0 fully saturated rings. The van der Waals surface area contributed by atoms with Gasteiger partial charge in [0.25, 0.3) is 0 Å². The average Bonchev–Trinajstić information content (AvgIpc) is 2.64. The van der Waals surface area contributed by atoms with Gasteiger partial charge < -0.3 is 0 Å². The van der Waals surface area contributed by atoms with Gasteiger partial charge in [0.1, 0.15) is 0 Å². The first-order valence-electron chi connectivity index (χ1n) is 2.94. The summed E-state index contributed by atoms with van der Waals surface area (Å²) < 4.78 is 16.6. The van der Waals surface area contributed by atoms with E-state index in [0.717, 1.165) is 20.1 Å². The van der Waals surface area contributed by atoms with Gasteiger partial charge in [-0.25, -0.2) is 0 Å². The zero-order chi connectivity index (χ0) is 7.97. The van der Waals surface area contributed by atoms with Gasteiger partial charge in [-0.05, 0) is 23.5 Å². The summed E-state index contributed by atoms with van der Waals surface area (Å²) in [6, 6.07) is 0. The lowest BCUT2D eigenvalue weighted by atomic mass is 10.9. The number of rotatable bonds is 0. The molecule has 0 N–H and O–H groups in total. The monoisotopic (exact) mass is 232 g/mol. The Labute approximate surface area is 84.5 Å². The second-order valence-corrected chi connectivity index (χ2v) is 4.97. The SMILES string of the molecule is n1snc2c1Sc1nsnc1S2. The van der Waals surface area contributed by atoms with E-state index >= 15 is 0 Å². The summed E-state index contributed by atoms with van der Waals surface area (Å²) in [6.07, 6.45) is 0. The van der Waals surface area contributed by atoms with Gasteiger partial charge in [0.15, 0.2) is 20.1 Å². The van der Waals surface area contributed by atoms with Gasteiger partial charge in [0.2, 0.25) is 0 Å². The lowest BCUT2D eigenvalue weighted by Gasteiger charge is -2.03. The lowest BCUT2D eigenvalue weighted by molar-refractivity contribution is 1.000. The molecule has 4 nitrogen and oxygen atoms in total. The molecule has 1 aliphatic heterocycles. The van der Waals surface area contributed by atoms with Crippen molar-refractivity contribution in [1.29, 1.82) is 0 Å². The summed E-state index contributed by atoms with van der Waals surface area (Å²) in [5.74, 6) is 0. The zero-order valence-electron chi connectivity index (χ0n) is 5.42. The van der Waals surface area contributed by atoms with Crippen LogP contribution in [0.1, 0.15) is 0 Å². The summed E-state index contributed by atoms with van der Waals surface area (Å²) in [7, 11) is 0. The average molecular weight is 232 g/mol. The predicted octanol–water partition coefficient (Wildman–Crippen LogP) is 2.01. The Morgan fingerprint density at radius 3 is 1.25 bits per heavy atom. The van der Waals surface area contributed by atoms with E-state index < -0.39 is 0 Å². The molecule has 0 amide bonds. The highest BCUT2D eigenvalue weighted by atomic mass is 32.2. The maximum absolute atomic E-state index is 4.14. The van der Waals surface area contributed by atoms with E-state index in [0.29, 0.717) is 0 Å². The van der Waals surface area contributed by atoms with E-state index in [1.807, 2.05) is 0 Å². The van der Waals surface area contributed by atoms with Crippen molar-refractivity contribution in [1.82, 2.24) is 17.5 Å². The minimum Gasteiger partial charge on any atom is -0.165 e. The standard InChI is InChI=1S/C4N4S4/c5-1-2(6-11-5)10-4-3(9-1)7-12-8-4. The second-order valence-electron chi connectivity index (χ2n) is 1.95. The quantitative estimate of drug-likeness (QED) is 0.591. The molecule has 8 heteroatoms. The van der Waals surface area contributed by atoms with E-state index in [2.05, 4.69) is 17.5 Å². The van der Waals surface area contributed by atoms with Crippen LogP contribution in [-0.2, 0) is 0 Å². The van der Waals surface area contributed by atoms with E-state index in [4.69, 9.17) is 0 Å². The number of aromatic nitrogens is 4. The van der Waals surface area contributed by atoms with Crippen molar-refractivity contribution in [2.24, 2.45) is 0 Å². The molecule has 0 saturated heterocycles. The Kier molecular flexibility index (Phi) is 1.60. The van der Waals surface area contributed by atoms with Crippen molar-refractivity contribution in [3.8, 4) is 0 Å². The van der Waals surface area contributed by atoms with Crippen LogP contribution in [0.5, 0.6) is 0 Å². The Morgan fingerprint density at radius 1 is 0.583 bits per heavy atom. The largest absolute Gasteiger partial charge is 0.165 e. The number of fused-ring (bicyclic) bond motifs is 2. The first-order chi connectivity index (χ1) is 5.93. The van der Waals surface area contributed by atoms with Gasteiger partial charge in [0, 0.05) is 0 Å². The first kappa shape index (κ1) is 7.25. The van der Waals surface area contributed by atoms with Crippen LogP contribution in [0.3, 0.4) is 0 Å². The molecule has 3 heterocycles. The molecule has 0 unspecified atom stereocenters. The van der Waals surface area contributed by atoms with E-state index in [9.17, 15) is 0 Å². The summed E-state index contributed by atoms with van der Waals surface area (Å²) in [6.45, 7) is 0. The van der Waals surface area contributed by atoms with Gasteiger partial charge in [-0.2, -0.15) is 17.5 Å². The highest BCUT2D eigenvalue weighted by Crippen LogP contribution is 2.45. The topological polar surface area (TPSA) is 51.6 Å². The lowest BCUT2D eigenvalue weighted by Crippen LogP contribution is -1.86. The van der Waals surface area contributed by atoms with Gasteiger partial charge in [-0.3, -0.25) is 0 Å². The van der Waals surface area contributed by atoms with E-state index in [-0.39, 0.29) is 0 Å². The van der Waals surface area contributed by atoms with Crippen molar-refractivity contribution in [3.05, 3.63) is 0 Å². The smallest absolute Gasteiger partial charge is 0.151 e. The number of nitrogens with zero attached hydrogens (tertiary/aromatic N) is 4. The van der Waals surface area contributed by atoms with Crippen LogP contribution >= 0.6 is 47.0 Å². The first-order valence-corrected chi connectivity index (χ1v) is 6.03. The van der Waals surface area contributed by atoms with Crippen LogP contribution in [-0.4, -0.2) is 17.5 Å². The molecule has 3 rings (SSSR count). The van der Waals surface area contributed by atoms with E-state index in [1.165, 1.54) is 23.5 Å². The molecule has 0 aliphatic carbocycles. The van der Waals surface area contributed by atoms with Crippen molar-refractivity contribution < 1.29 is 0 Å². The molecule has 0 spiro atoms. The van der Waals surface area contributed by atoms with Crippen LogP contribution in [0.15, 0.2) is 20.1 Å². The maximum Gasteiger partial charge on any atom is 0.151 e. The highest BCUT2D eigenvalue weighted by Gasteiger charge is 2.23. The summed E-state index contributed by atoms with van der Waals surface area (Å²) >= 11 is 5.57. The third-order valence-electron chi connectivity index (χ3n) is 1.25. The minimum atomic E-state index is 0.963. The fourth-order valence-electron chi connectivity index (χ4n) is 0.778. The number of hydrogen-bond acceptors (Lipinski definition) is 8. The molecule has 2 aromatic heterocycles. The van der Waals surface area contributed by atoms with Crippen molar-refractivity contribution in [2.45, 2.75) is 20.1 Å². The van der Waals surface area contributed by atoms with Crippen LogP contribution in [0.2, 0.25) is 0 Å². The highest BCUT2D eigenvalue weighted by molar-refractivity contribution is 8.05. The van der Waals surface area contributed by atoms with Crippen molar-refractivity contribution in [2.75, 3.05) is 0 Å². The minimum absolute atomic E-state index is 0.963. The molecule has 0 aromatic carbocycles. The van der Waals surface area contributed by atoms with E-state index in [1.54, 1.807) is 23.5 Å². The Hall–Kier alpha value is -0.180. The predicted molar refractivity (Wildman–Crippen MR) is 48.1 cm³/mol. The molecule has 12 heavy (non-hydrogen) atoms. The maximum atomic E-state index is 4.14. The zero-order valence-corrected chi connectivity index (χ0v) is 8.69.